The van der Waals surface area contributed by atoms with Crippen molar-refractivity contribution < 1.29 is 0 Å². The number of imidazole rings is 2. The monoisotopic (exact) mass is 414 g/mol. The molecule has 5 aromatic rings. The summed E-state index contributed by atoms with van der Waals surface area (Å²) < 4.78 is 2.04. The summed E-state index contributed by atoms with van der Waals surface area (Å²) >= 11 is 6.08. The number of rotatable bonds is 5. The van der Waals surface area contributed by atoms with Gasteiger partial charge in [0, 0.05) is 23.1 Å². The third-order valence-electron chi connectivity index (χ3n) is 4.85. The van der Waals surface area contributed by atoms with Gasteiger partial charge in [-0.05, 0) is 55.0 Å². The van der Waals surface area contributed by atoms with E-state index in [-0.39, 0.29) is 0 Å². The molecule has 30 heavy (non-hydrogen) atoms. The highest BCUT2D eigenvalue weighted by molar-refractivity contribution is 6.30. The lowest BCUT2D eigenvalue weighted by molar-refractivity contribution is 0.894. The highest BCUT2D eigenvalue weighted by atomic mass is 35.5. The van der Waals surface area contributed by atoms with E-state index in [0.29, 0.717) is 11.6 Å². The Morgan fingerprint density at radius 2 is 1.83 bits per heavy atom. The molecule has 148 valence electrons. The number of anilines is 1. The highest BCUT2D eigenvalue weighted by Crippen LogP contribution is 2.23. The van der Waals surface area contributed by atoms with Crippen molar-refractivity contribution in [2.24, 2.45) is 0 Å². The Bertz CT molecular complexity index is 1270. The van der Waals surface area contributed by atoms with Crippen LogP contribution in [0.2, 0.25) is 5.02 Å². The average molecular weight is 415 g/mol. The van der Waals surface area contributed by atoms with Crippen LogP contribution in [0.1, 0.15) is 11.4 Å². The summed E-state index contributed by atoms with van der Waals surface area (Å²) in [4.78, 5) is 17.3. The summed E-state index contributed by atoms with van der Waals surface area (Å²) in [6.07, 6.45) is 3.83. The second-order valence-corrected chi connectivity index (χ2v) is 7.50. The molecule has 3 heterocycles. The zero-order valence-electron chi connectivity index (χ0n) is 16.3. The molecule has 0 fully saturated rings. The number of pyridine rings is 1. The first-order chi connectivity index (χ1) is 14.7. The number of H-pyrrole nitrogens is 1. The smallest absolute Gasteiger partial charge is 0.158 e. The van der Waals surface area contributed by atoms with Gasteiger partial charge in [0.25, 0.3) is 0 Å². The van der Waals surface area contributed by atoms with Gasteiger partial charge >= 0.3 is 0 Å². The van der Waals surface area contributed by atoms with Crippen LogP contribution in [-0.4, -0.2) is 24.5 Å². The average Bonchev–Trinajstić information content (AvgIpc) is 3.38. The van der Waals surface area contributed by atoms with Gasteiger partial charge in [-0.3, -0.25) is 0 Å². The zero-order chi connectivity index (χ0) is 20.5. The maximum absolute atomic E-state index is 6.08. The second kappa shape index (κ2) is 7.65. The molecule has 0 aliphatic heterocycles. The number of para-hydroxylation sites is 2. The van der Waals surface area contributed by atoms with Crippen molar-refractivity contribution in [3.63, 3.8) is 0 Å². The number of nitrogens with one attached hydrogen (secondary N) is 2. The molecule has 0 saturated heterocycles. The first-order valence-corrected chi connectivity index (χ1v) is 9.99. The van der Waals surface area contributed by atoms with Gasteiger partial charge in [0.1, 0.15) is 17.3 Å². The molecule has 0 atom stereocenters. The SMILES string of the molecule is Cc1ccc(NCc2nc(-c3nc4ccccc4[nH]3)cn2-c2ccc(Cl)cc2)nc1. The summed E-state index contributed by atoms with van der Waals surface area (Å²) in [7, 11) is 0. The van der Waals surface area contributed by atoms with E-state index < -0.39 is 0 Å². The second-order valence-electron chi connectivity index (χ2n) is 7.07. The lowest BCUT2D eigenvalue weighted by atomic mass is 10.3. The van der Waals surface area contributed by atoms with E-state index in [2.05, 4.69) is 20.3 Å². The van der Waals surface area contributed by atoms with E-state index in [4.69, 9.17) is 16.6 Å². The van der Waals surface area contributed by atoms with E-state index in [9.17, 15) is 0 Å². The lowest BCUT2D eigenvalue weighted by Crippen LogP contribution is -2.08. The molecule has 2 N–H and O–H groups in total. The Hall–Kier alpha value is -3.64. The molecule has 0 radical (unpaired) electrons. The van der Waals surface area contributed by atoms with Crippen LogP contribution in [0.15, 0.2) is 73.1 Å². The quantitative estimate of drug-likeness (QED) is 0.404. The number of aryl methyl sites for hydroxylation is 1. The number of fused-ring (bicyclic) bond motifs is 1. The summed E-state index contributed by atoms with van der Waals surface area (Å²) in [6, 6.07) is 19.6. The van der Waals surface area contributed by atoms with Gasteiger partial charge < -0.3 is 14.9 Å². The van der Waals surface area contributed by atoms with E-state index in [1.165, 1.54) is 0 Å². The summed E-state index contributed by atoms with van der Waals surface area (Å²) in [5.41, 5.74) is 4.77. The Labute approximate surface area is 178 Å². The molecule has 0 bridgehead atoms. The number of aromatic nitrogens is 5. The largest absolute Gasteiger partial charge is 0.363 e. The molecule has 6 nitrogen and oxygen atoms in total. The van der Waals surface area contributed by atoms with Gasteiger partial charge in [0.15, 0.2) is 5.82 Å². The summed E-state index contributed by atoms with van der Waals surface area (Å²) in [5.74, 6) is 2.38. The van der Waals surface area contributed by atoms with Crippen molar-refractivity contribution in [1.82, 2.24) is 24.5 Å². The normalized spacial score (nSPS) is 11.1. The Kier molecular flexibility index (Phi) is 4.69. The number of aromatic amines is 1. The first kappa shape index (κ1) is 18.4. The predicted octanol–water partition coefficient (Wildman–Crippen LogP) is 5.38. The number of hydrogen-bond donors (Lipinski definition) is 2. The van der Waals surface area contributed by atoms with Gasteiger partial charge in [0.05, 0.1) is 17.6 Å². The fourth-order valence-corrected chi connectivity index (χ4v) is 3.42. The third-order valence-corrected chi connectivity index (χ3v) is 5.11. The van der Waals surface area contributed by atoms with Crippen LogP contribution in [0.25, 0.3) is 28.2 Å². The fourth-order valence-electron chi connectivity index (χ4n) is 3.30. The number of benzene rings is 2. The minimum atomic E-state index is 0.513. The third kappa shape index (κ3) is 3.65. The predicted molar refractivity (Wildman–Crippen MR) is 120 cm³/mol. The minimum absolute atomic E-state index is 0.513. The van der Waals surface area contributed by atoms with Crippen LogP contribution in [-0.2, 0) is 6.54 Å². The van der Waals surface area contributed by atoms with Gasteiger partial charge in [0.2, 0.25) is 0 Å². The van der Waals surface area contributed by atoms with Crippen LogP contribution in [0.4, 0.5) is 5.82 Å². The Morgan fingerprint density at radius 3 is 2.60 bits per heavy atom. The molecule has 0 amide bonds. The van der Waals surface area contributed by atoms with Crippen LogP contribution < -0.4 is 5.32 Å². The van der Waals surface area contributed by atoms with Crippen LogP contribution in [0.5, 0.6) is 0 Å². The highest BCUT2D eigenvalue weighted by Gasteiger charge is 2.14. The molecule has 2 aromatic carbocycles. The molecule has 0 spiro atoms. The van der Waals surface area contributed by atoms with Crippen molar-refractivity contribution in [1.29, 1.82) is 0 Å². The van der Waals surface area contributed by atoms with Crippen molar-refractivity contribution in [2.75, 3.05) is 5.32 Å². The van der Waals surface area contributed by atoms with Crippen LogP contribution in [0, 0.1) is 6.92 Å². The zero-order valence-corrected chi connectivity index (χ0v) is 17.1. The van der Waals surface area contributed by atoms with Crippen LogP contribution in [0.3, 0.4) is 0 Å². The molecular weight excluding hydrogens is 396 g/mol. The van der Waals surface area contributed by atoms with E-state index in [0.717, 1.165) is 45.4 Å². The lowest BCUT2D eigenvalue weighted by Gasteiger charge is -2.09. The topological polar surface area (TPSA) is 71.4 Å². The van der Waals surface area contributed by atoms with Crippen LogP contribution >= 0.6 is 11.6 Å². The fraction of sp³-hybridized carbons (Fsp3) is 0.0870. The van der Waals surface area contributed by atoms with E-state index in [1.54, 1.807) is 0 Å². The van der Waals surface area contributed by atoms with Crippen molar-refractivity contribution in [3.8, 4) is 17.2 Å². The standard InChI is InChI=1S/C23H19ClN6/c1-15-6-11-21(25-12-15)26-13-22-27-20(14-30(22)17-9-7-16(24)8-10-17)23-28-18-4-2-3-5-19(18)29-23/h2-12,14H,13H2,1H3,(H,25,26)(H,28,29). The van der Waals surface area contributed by atoms with Crippen molar-refractivity contribution in [2.45, 2.75) is 13.5 Å². The Balaban J connectivity index is 1.53. The molecule has 0 aliphatic rings. The first-order valence-electron chi connectivity index (χ1n) is 9.61. The minimum Gasteiger partial charge on any atom is -0.363 e. The van der Waals surface area contributed by atoms with Gasteiger partial charge in [-0.1, -0.05) is 29.8 Å². The summed E-state index contributed by atoms with van der Waals surface area (Å²) in [6.45, 7) is 2.53. The maximum atomic E-state index is 6.08. The van der Waals surface area contributed by atoms with Gasteiger partial charge in [-0.2, -0.15) is 0 Å². The molecule has 0 unspecified atom stereocenters. The molecule has 3 aromatic heterocycles. The molecule has 7 heteroatoms. The van der Waals surface area contributed by atoms with Crippen molar-refractivity contribution >= 4 is 28.5 Å². The van der Waals surface area contributed by atoms with Gasteiger partial charge in [-0.15, -0.1) is 0 Å². The number of hydrogen-bond acceptors (Lipinski definition) is 4. The molecule has 5 rings (SSSR count). The van der Waals surface area contributed by atoms with Gasteiger partial charge in [-0.25, -0.2) is 15.0 Å². The molecule has 0 saturated carbocycles. The Morgan fingerprint density at radius 1 is 1.00 bits per heavy atom. The summed E-state index contributed by atoms with van der Waals surface area (Å²) in [5, 5.41) is 4.04. The molecular formula is C23H19ClN6. The van der Waals surface area contributed by atoms with E-state index >= 15 is 0 Å². The van der Waals surface area contributed by atoms with Crippen molar-refractivity contribution in [3.05, 3.63) is 89.5 Å². The maximum Gasteiger partial charge on any atom is 0.158 e. The number of nitrogens with zero attached hydrogens (tertiary/aromatic N) is 4. The molecule has 0 aliphatic carbocycles. The number of halogens is 1. The van der Waals surface area contributed by atoms with E-state index in [1.807, 2.05) is 84.5 Å².